The highest BCUT2D eigenvalue weighted by Crippen LogP contribution is 2.35. The molecule has 17 heavy (non-hydrogen) atoms. The van der Waals surface area contributed by atoms with Crippen LogP contribution in [0.5, 0.6) is 0 Å². The number of halogens is 4. The second-order valence-electron chi connectivity index (χ2n) is 3.66. The van der Waals surface area contributed by atoms with Crippen LogP contribution in [0.25, 0.3) is 0 Å². The van der Waals surface area contributed by atoms with Crippen LogP contribution in [0.15, 0.2) is 0 Å². The van der Waals surface area contributed by atoms with Crippen molar-refractivity contribution in [1.82, 2.24) is 0 Å². The summed E-state index contributed by atoms with van der Waals surface area (Å²) in [6, 6.07) is 0. The molecule has 0 spiro atoms. The molecular formula is C10H14ClF3O3. The molecule has 0 bridgehead atoms. The van der Waals surface area contributed by atoms with Gasteiger partial charge >= 0.3 is 5.97 Å². The van der Waals surface area contributed by atoms with Gasteiger partial charge in [0.25, 0.3) is 0 Å². The second kappa shape index (κ2) is 7.53. The highest BCUT2D eigenvalue weighted by atomic mass is 35.5. The van der Waals surface area contributed by atoms with E-state index in [4.69, 9.17) is 16.7 Å². The van der Waals surface area contributed by atoms with Gasteiger partial charge in [0.1, 0.15) is 0 Å². The van der Waals surface area contributed by atoms with E-state index < -0.39 is 61.8 Å². The zero-order valence-corrected chi connectivity index (χ0v) is 9.85. The number of Topliss-reactive ketones (excluding diaryl/α,β-unsaturated/α-hetero) is 1. The lowest BCUT2D eigenvalue weighted by Crippen LogP contribution is -2.41. The smallest absolute Gasteiger partial charge is 0.329 e. The summed E-state index contributed by atoms with van der Waals surface area (Å²) in [5.74, 6) is -2.63. The van der Waals surface area contributed by atoms with E-state index in [1.807, 2.05) is 0 Å². The van der Waals surface area contributed by atoms with Gasteiger partial charge in [0.2, 0.25) is 0 Å². The van der Waals surface area contributed by atoms with Crippen LogP contribution in [-0.2, 0) is 9.59 Å². The molecular weight excluding hydrogens is 261 g/mol. The summed E-state index contributed by atoms with van der Waals surface area (Å²) in [6.45, 7) is -2.89. The number of carbonyl (C=O) groups excluding carboxylic acids is 1. The molecule has 0 aromatic rings. The predicted octanol–water partition coefficient (Wildman–Crippen LogP) is 2.31. The summed E-state index contributed by atoms with van der Waals surface area (Å²) in [6.07, 6.45) is -1.26. The number of carbonyl (C=O) groups is 2. The fourth-order valence-corrected chi connectivity index (χ4v) is 1.90. The molecule has 0 aliphatic rings. The van der Waals surface area contributed by atoms with Crippen molar-refractivity contribution in [3.05, 3.63) is 0 Å². The first-order chi connectivity index (χ1) is 7.95. The Labute approximate surface area is 102 Å². The third-order valence-corrected chi connectivity index (χ3v) is 3.07. The summed E-state index contributed by atoms with van der Waals surface area (Å²) in [5, 5.41) is 6.68. The van der Waals surface area contributed by atoms with Crippen molar-refractivity contribution in [2.24, 2.45) is 5.41 Å². The van der Waals surface area contributed by atoms with Crippen LogP contribution in [0.3, 0.4) is 0 Å². The van der Waals surface area contributed by atoms with Gasteiger partial charge in [0, 0.05) is 5.41 Å². The summed E-state index contributed by atoms with van der Waals surface area (Å²) >= 11 is 5.34. The Kier molecular flexibility index (Phi) is 7.18. The maximum atomic E-state index is 12.4. The Morgan fingerprint density at radius 2 is 1.41 bits per heavy atom. The van der Waals surface area contributed by atoms with Gasteiger partial charge in [-0.15, -0.1) is 11.6 Å². The molecule has 0 aromatic heterocycles. The van der Waals surface area contributed by atoms with E-state index in [-0.39, 0.29) is 0 Å². The van der Waals surface area contributed by atoms with Crippen LogP contribution in [0, 0.1) is 5.41 Å². The van der Waals surface area contributed by atoms with Gasteiger partial charge in [-0.2, -0.15) is 0 Å². The zero-order valence-electron chi connectivity index (χ0n) is 9.10. The van der Waals surface area contributed by atoms with Crippen molar-refractivity contribution in [1.29, 1.82) is 0 Å². The van der Waals surface area contributed by atoms with Crippen LogP contribution in [0.2, 0.25) is 0 Å². The van der Waals surface area contributed by atoms with E-state index in [0.29, 0.717) is 0 Å². The van der Waals surface area contributed by atoms with E-state index in [0.717, 1.165) is 0 Å². The Bertz CT molecular complexity index is 257. The largest absolute Gasteiger partial charge is 0.480 e. The molecule has 0 radical (unpaired) electrons. The summed E-state index contributed by atoms with van der Waals surface area (Å²) in [4.78, 5) is 22.3. The quantitative estimate of drug-likeness (QED) is 0.518. The summed E-state index contributed by atoms with van der Waals surface area (Å²) in [7, 11) is 0. The first-order valence-electron chi connectivity index (χ1n) is 5.04. The molecule has 0 aliphatic heterocycles. The number of ketones is 1. The average Bonchev–Trinajstić information content (AvgIpc) is 2.27. The van der Waals surface area contributed by atoms with Crippen molar-refractivity contribution in [2.75, 3.05) is 20.0 Å². The van der Waals surface area contributed by atoms with Gasteiger partial charge in [-0.25, -0.2) is 0 Å². The van der Waals surface area contributed by atoms with Gasteiger partial charge < -0.3 is 5.11 Å². The minimum absolute atomic E-state index is 0.420. The van der Waals surface area contributed by atoms with Crippen molar-refractivity contribution in [2.45, 2.75) is 24.6 Å². The molecule has 100 valence electrons. The fourth-order valence-electron chi connectivity index (χ4n) is 1.67. The van der Waals surface area contributed by atoms with Crippen molar-refractivity contribution >= 4 is 23.4 Å². The Morgan fingerprint density at radius 1 is 1.06 bits per heavy atom. The van der Waals surface area contributed by atoms with Crippen molar-refractivity contribution < 1.29 is 27.9 Å². The number of hydrogen-bond acceptors (Lipinski definition) is 2. The zero-order chi connectivity index (χ0) is 13.5. The average molecular weight is 275 g/mol. The van der Waals surface area contributed by atoms with E-state index >= 15 is 0 Å². The fraction of sp³-hybridized carbons (Fsp3) is 0.800. The normalized spacial score (nSPS) is 13.4. The molecule has 0 aliphatic carbocycles. The predicted molar refractivity (Wildman–Crippen MR) is 56.5 cm³/mol. The number of alkyl halides is 4. The van der Waals surface area contributed by atoms with Crippen molar-refractivity contribution in [3.63, 3.8) is 0 Å². The summed E-state index contributed by atoms with van der Waals surface area (Å²) < 4.78 is 37.1. The van der Waals surface area contributed by atoms with Crippen LogP contribution < -0.4 is 0 Å². The lowest BCUT2D eigenvalue weighted by Gasteiger charge is -2.30. The first kappa shape index (κ1) is 16.2. The molecule has 7 heteroatoms. The number of hydrogen-bond donors (Lipinski definition) is 1. The van der Waals surface area contributed by atoms with Gasteiger partial charge in [-0.1, -0.05) is 0 Å². The Hall–Kier alpha value is -0.780. The van der Waals surface area contributed by atoms with Gasteiger partial charge in [-0.05, 0) is 19.3 Å². The molecule has 0 saturated heterocycles. The second-order valence-corrected chi connectivity index (χ2v) is 4.10. The number of aliphatic carboxylic acids is 1. The molecule has 1 N–H and O–H groups in total. The van der Waals surface area contributed by atoms with E-state index in [9.17, 15) is 22.8 Å². The topological polar surface area (TPSA) is 54.4 Å². The maximum Gasteiger partial charge on any atom is 0.329 e. The minimum atomic E-state index is -1.90. The van der Waals surface area contributed by atoms with Crippen LogP contribution in [-0.4, -0.2) is 42.3 Å². The van der Waals surface area contributed by atoms with E-state index in [1.165, 1.54) is 0 Å². The monoisotopic (exact) mass is 274 g/mol. The van der Waals surface area contributed by atoms with E-state index in [1.54, 1.807) is 0 Å². The molecule has 0 fully saturated rings. The Morgan fingerprint density at radius 3 is 1.65 bits per heavy atom. The molecule has 0 aromatic carbocycles. The van der Waals surface area contributed by atoms with Gasteiger partial charge in [0.15, 0.2) is 11.2 Å². The highest BCUT2D eigenvalue weighted by Gasteiger charge is 2.43. The molecule has 1 unspecified atom stereocenters. The van der Waals surface area contributed by atoms with Gasteiger partial charge in [-0.3, -0.25) is 22.8 Å². The number of rotatable bonds is 9. The van der Waals surface area contributed by atoms with Crippen LogP contribution in [0.1, 0.15) is 19.3 Å². The number of carboxylic acids is 1. The third kappa shape index (κ3) is 4.18. The highest BCUT2D eigenvalue weighted by molar-refractivity contribution is 6.41. The lowest BCUT2D eigenvalue weighted by molar-refractivity contribution is -0.143. The minimum Gasteiger partial charge on any atom is -0.480 e. The first-order valence-corrected chi connectivity index (χ1v) is 5.48. The number of carboxylic acid groups (broad SMARTS) is 1. The molecule has 1 atom stereocenters. The summed E-state index contributed by atoms with van der Waals surface area (Å²) in [5.41, 5.74) is -1.66. The molecule has 3 nitrogen and oxygen atoms in total. The third-order valence-electron chi connectivity index (χ3n) is 2.69. The van der Waals surface area contributed by atoms with Crippen molar-refractivity contribution in [3.8, 4) is 0 Å². The Balaban J connectivity index is 5.09. The maximum absolute atomic E-state index is 12.4. The van der Waals surface area contributed by atoms with E-state index in [2.05, 4.69) is 0 Å². The molecule has 0 saturated carbocycles. The van der Waals surface area contributed by atoms with Gasteiger partial charge in [0.05, 0.1) is 20.0 Å². The standard InChI is InChI=1S/C10H14ClF3O3/c11-7(9(16)17)8(15)10(1-4-12,2-5-13)3-6-14/h7H,1-6H2,(H,16,17). The molecule has 0 amide bonds. The molecule has 0 rings (SSSR count). The lowest BCUT2D eigenvalue weighted by atomic mass is 9.74. The molecule has 0 heterocycles. The SMILES string of the molecule is O=C(O)C(Cl)C(=O)C(CCF)(CCF)CCF. The van der Waals surface area contributed by atoms with Crippen LogP contribution >= 0.6 is 11.6 Å². The van der Waals surface area contributed by atoms with Crippen LogP contribution in [0.4, 0.5) is 13.2 Å².